The number of nitrogens with one attached hydrogen (secondary N) is 2. The smallest absolute Gasteiger partial charge is 0.269 e. The molecule has 3 rings (SSSR count). The highest BCUT2D eigenvalue weighted by Gasteiger charge is 2.18. The first-order valence-corrected chi connectivity index (χ1v) is 9.01. The van der Waals surface area contributed by atoms with Crippen LogP contribution in [0.15, 0.2) is 71.6 Å². The second-order valence-corrected chi connectivity index (χ2v) is 6.82. The average Bonchev–Trinajstić information content (AvgIpc) is 2.63. The Morgan fingerprint density at radius 1 is 0.962 bits per heavy atom. The summed E-state index contributed by atoms with van der Waals surface area (Å²) in [6.45, 7) is 3.76. The summed E-state index contributed by atoms with van der Waals surface area (Å²) in [5.74, 6) is -1.04. The monoisotopic (exact) mass is 366 g/mol. The van der Waals surface area contributed by atoms with E-state index >= 15 is 0 Å². The summed E-state index contributed by atoms with van der Waals surface area (Å²) in [7, 11) is 0. The molecule has 3 aromatic carbocycles. The highest BCUT2D eigenvalue weighted by atomic mass is 32.2. The number of amides is 1. The van der Waals surface area contributed by atoms with Crippen LogP contribution in [0.2, 0.25) is 0 Å². The summed E-state index contributed by atoms with van der Waals surface area (Å²) >= 11 is 1.25. The van der Waals surface area contributed by atoms with E-state index in [-0.39, 0.29) is 5.56 Å². The van der Waals surface area contributed by atoms with Crippen LogP contribution in [0.25, 0.3) is 11.1 Å². The highest BCUT2D eigenvalue weighted by molar-refractivity contribution is 7.97. The van der Waals surface area contributed by atoms with Crippen molar-refractivity contribution in [2.75, 3.05) is 0 Å². The molecule has 3 aromatic rings. The van der Waals surface area contributed by atoms with Gasteiger partial charge in [-0.05, 0) is 60.7 Å². The molecule has 0 saturated heterocycles. The van der Waals surface area contributed by atoms with Crippen molar-refractivity contribution < 1.29 is 9.18 Å². The van der Waals surface area contributed by atoms with Crippen molar-refractivity contribution in [3.8, 4) is 11.1 Å². The molecule has 0 saturated carbocycles. The molecule has 0 radical (unpaired) electrons. The number of hydrogen-bond acceptors (Lipinski definition) is 3. The molecule has 0 aliphatic rings. The lowest BCUT2D eigenvalue weighted by Gasteiger charge is -2.13. The molecule has 0 aromatic heterocycles. The normalized spacial score (nSPS) is 10.6. The predicted molar refractivity (Wildman–Crippen MR) is 104 cm³/mol. The van der Waals surface area contributed by atoms with Crippen molar-refractivity contribution in [1.82, 2.24) is 10.3 Å². The van der Waals surface area contributed by atoms with Crippen LogP contribution in [-0.4, -0.2) is 5.91 Å². The maximum atomic E-state index is 14.3. The first kappa shape index (κ1) is 18.2. The van der Waals surface area contributed by atoms with Gasteiger partial charge in [0.25, 0.3) is 5.91 Å². The van der Waals surface area contributed by atoms with Gasteiger partial charge in [-0.25, -0.2) is 4.39 Å². The lowest BCUT2D eigenvalue weighted by molar-refractivity contribution is 0.0942. The lowest BCUT2D eigenvalue weighted by Crippen LogP contribution is -2.33. The van der Waals surface area contributed by atoms with Gasteiger partial charge in [0.15, 0.2) is 0 Å². The fourth-order valence-corrected chi connectivity index (χ4v) is 3.32. The quantitative estimate of drug-likeness (QED) is 0.490. The molecule has 132 valence electrons. The Hall–Kier alpha value is -2.63. The Labute approximate surface area is 156 Å². The molecule has 0 aliphatic heterocycles. The molecule has 0 heterocycles. The SMILES string of the molecule is Cc1cccc(-c2ccc(F)c(C(=O)NNSc3ccccc3)c2C)c1. The first-order valence-electron chi connectivity index (χ1n) is 8.19. The number of carbonyl (C=O) groups is 1. The van der Waals surface area contributed by atoms with Crippen LogP contribution in [0.5, 0.6) is 0 Å². The number of halogens is 1. The zero-order valence-corrected chi connectivity index (χ0v) is 15.4. The molecule has 26 heavy (non-hydrogen) atoms. The summed E-state index contributed by atoms with van der Waals surface area (Å²) in [6.07, 6.45) is 0. The fraction of sp³-hybridized carbons (Fsp3) is 0.0952. The maximum Gasteiger partial charge on any atom is 0.269 e. The van der Waals surface area contributed by atoms with E-state index in [4.69, 9.17) is 0 Å². The van der Waals surface area contributed by atoms with Gasteiger partial charge in [0.2, 0.25) is 0 Å². The standard InChI is InChI=1S/C21H19FN2OS/c1-14-7-6-8-16(13-14)18-11-12-19(22)20(15(18)2)21(25)23-24-26-17-9-4-3-5-10-17/h3-13,24H,1-2H3,(H,23,25). The number of carbonyl (C=O) groups excluding carboxylic acids is 1. The molecular formula is C21H19FN2OS. The third-order valence-electron chi connectivity index (χ3n) is 4.05. The van der Waals surface area contributed by atoms with E-state index in [0.717, 1.165) is 21.6 Å². The Balaban J connectivity index is 1.80. The Morgan fingerprint density at radius 3 is 2.46 bits per heavy atom. The Kier molecular flexibility index (Phi) is 5.71. The minimum atomic E-state index is -0.539. The zero-order chi connectivity index (χ0) is 18.5. The molecule has 3 nitrogen and oxygen atoms in total. The molecule has 0 spiro atoms. The minimum Gasteiger partial charge on any atom is -0.277 e. The van der Waals surface area contributed by atoms with E-state index < -0.39 is 11.7 Å². The summed E-state index contributed by atoms with van der Waals surface area (Å²) in [5.41, 5.74) is 6.12. The Morgan fingerprint density at radius 2 is 1.73 bits per heavy atom. The van der Waals surface area contributed by atoms with Crippen LogP contribution in [0.1, 0.15) is 21.5 Å². The molecule has 1 amide bonds. The summed E-state index contributed by atoms with van der Waals surface area (Å²) in [5, 5.41) is 0. The number of hydrazine groups is 1. The summed E-state index contributed by atoms with van der Waals surface area (Å²) in [6, 6.07) is 20.5. The largest absolute Gasteiger partial charge is 0.277 e. The van der Waals surface area contributed by atoms with Gasteiger partial charge in [-0.3, -0.25) is 10.2 Å². The lowest BCUT2D eigenvalue weighted by atomic mass is 9.95. The van der Waals surface area contributed by atoms with Crippen LogP contribution in [-0.2, 0) is 0 Å². The molecule has 0 atom stereocenters. The number of rotatable bonds is 5. The van der Waals surface area contributed by atoms with Crippen LogP contribution in [0.4, 0.5) is 4.39 Å². The van der Waals surface area contributed by atoms with Crippen molar-refractivity contribution in [2.45, 2.75) is 18.7 Å². The van der Waals surface area contributed by atoms with Crippen molar-refractivity contribution in [1.29, 1.82) is 0 Å². The van der Waals surface area contributed by atoms with Crippen LogP contribution in [0, 0.1) is 19.7 Å². The van der Waals surface area contributed by atoms with Gasteiger partial charge in [-0.2, -0.15) is 4.83 Å². The van der Waals surface area contributed by atoms with E-state index in [1.807, 2.05) is 61.5 Å². The molecular weight excluding hydrogens is 347 g/mol. The minimum absolute atomic E-state index is 0.0465. The van der Waals surface area contributed by atoms with Crippen molar-refractivity contribution in [3.05, 3.63) is 89.2 Å². The molecule has 0 unspecified atom stereocenters. The van der Waals surface area contributed by atoms with Gasteiger partial charge in [0.05, 0.1) is 5.56 Å². The zero-order valence-electron chi connectivity index (χ0n) is 14.5. The van der Waals surface area contributed by atoms with Gasteiger partial charge >= 0.3 is 0 Å². The second-order valence-electron chi connectivity index (χ2n) is 5.94. The summed E-state index contributed by atoms with van der Waals surface area (Å²) in [4.78, 5) is 16.2. The molecule has 0 bridgehead atoms. The Bertz CT molecular complexity index is 929. The second kappa shape index (κ2) is 8.17. The molecule has 5 heteroatoms. The predicted octanol–water partition coefficient (Wildman–Crippen LogP) is 5.05. The number of benzene rings is 3. The van der Waals surface area contributed by atoms with Crippen molar-refractivity contribution >= 4 is 17.9 Å². The van der Waals surface area contributed by atoms with Gasteiger partial charge in [-0.1, -0.05) is 54.1 Å². The molecule has 0 fully saturated rings. The van der Waals surface area contributed by atoms with Crippen molar-refractivity contribution in [2.24, 2.45) is 0 Å². The summed E-state index contributed by atoms with van der Waals surface area (Å²) < 4.78 is 14.3. The van der Waals surface area contributed by atoms with E-state index in [1.165, 1.54) is 18.0 Å². The van der Waals surface area contributed by atoms with E-state index in [0.29, 0.717) is 5.56 Å². The molecule has 2 N–H and O–H groups in total. The van der Waals surface area contributed by atoms with Crippen LogP contribution < -0.4 is 10.3 Å². The number of aryl methyl sites for hydroxylation is 1. The maximum absolute atomic E-state index is 14.3. The van der Waals surface area contributed by atoms with Gasteiger partial charge in [0, 0.05) is 4.90 Å². The van der Waals surface area contributed by atoms with E-state index in [9.17, 15) is 9.18 Å². The van der Waals surface area contributed by atoms with Gasteiger partial charge in [0.1, 0.15) is 5.82 Å². The van der Waals surface area contributed by atoms with Crippen LogP contribution >= 0.6 is 11.9 Å². The third kappa shape index (κ3) is 4.12. The fourth-order valence-electron chi connectivity index (χ4n) is 2.76. The average molecular weight is 366 g/mol. The van der Waals surface area contributed by atoms with E-state index in [1.54, 1.807) is 13.0 Å². The molecule has 0 aliphatic carbocycles. The van der Waals surface area contributed by atoms with Gasteiger partial charge in [-0.15, -0.1) is 0 Å². The third-order valence-corrected chi connectivity index (χ3v) is 4.76. The van der Waals surface area contributed by atoms with Gasteiger partial charge < -0.3 is 0 Å². The number of hydrogen-bond donors (Lipinski definition) is 2. The highest BCUT2D eigenvalue weighted by Crippen LogP contribution is 2.28. The van der Waals surface area contributed by atoms with Crippen LogP contribution in [0.3, 0.4) is 0 Å². The van der Waals surface area contributed by atoms with E-state index in [2.05, 4.69) is 10.3 Å². The topological polar surface area (TPSA) is 41.1 Å². The first-order chi connectivity index (χ1) is 12.6. The van der Waals surface area contributed by atoms with Crippen molar-refractivity contribution in [3.63, 3.8) is 0 Å².